The number of sulfonamides is 1. The Morgan fingerprint density at radius 2 is 1.64 bits per heavy atom. The Morgan fingerprint density at radius 1 is 0.970 bits per heavy atom. The van der Waals surface area contributed by atoms with Gasteiger partial charge in [0, 0.05) is 31.9 Å². The number of amides is 1. The molecule has 0 bridgehead atoms. The molecule has 2 aromatic carbocycles. The second kappa shape index (κ2) is 9.84. The first kappa shape index (κ1) is 23.1. The number of para-hydroxylation sites is 3. The van der Waals surface area contributed by atoms with Crippen molar-refractivity contribution in [2.75, 3.05) is 42.5 Å². The number of hydrogen-bond acceptors (Lipinski definition) is 6. The number of piperazine rings is 1. The molecule has 3 aromatic rings. The number of methoxy groups -OCH3 is 1. The van der Waals surface area contributed by atoms with E-state index in [2.05, 4.69) is 17.0 Å². The highest BCUT2D eigenvalue weighted by Crippen LogP contribution is 2.35. The molecule has 1 fully saturated rings. The summed E-state index contributed by atoms with van der Waals surface area (Å²) in [6, 6.07) is 19.3. The van der Waals surface area contributed by atoms with Crippen LogP contribution in [0.25, 0.3) is 0 Å². The molecule has 0 saturated carbocycles. The van der Waals surface area contributed by atoms with Crippen LogP contribution in [-0.4, -0.2) is 58.6 Å². The Kier molecular flexibility index (Phi) is 6.90. The van der Waals surface area contributed by atoms with Gasteiger partial charge in [0.15, 0.2) is 0 Å². The van der Waals surface area contributed by atoms with E-state index in [0.29, 0.717) is 37.6 Å². The van der Waals surface area contributed by atoms with Gasteiger partial charge in [0.1, 0.15) is 16.0 Å². The first-order chi connectivity index (χ1) is 15.9. The zero-order valence-electron chi connectivity index (χ0n) is 18.6. The summed E-state index contributed by atoms with van der Waals surface area (Å²) in [5.41, 5.74) is 1.46. The van der Waals surface area contributed by atoms with Gasteiger partial charge in [-0.2, -0.15) is 0 Å². The fourth-order valence-electron chi connectivity index (χ4n) is 4.05. The summed E-state index contributed by atoms with van der Waals surface area (Å²) in [4.78, 5) is 17.5. The van der Waals surface area contributed by atoms with Gasteiger partial charge in [-0.25, -0.2) is 12.7 Å². The van der Waals surface area contributed by atoms with Gasteiger partial charge in [-0.1, -0.05) is 36.4 Å². The second-order valence-corrected chi connectivity index (χ2v) is 10.7. The topological polar surface area (TPSA) is 70.2 Å². The van der Waals surface area contributed by atoms with Crippen LogP contribution in [0.3, 0.4) is 0 Å². The smallest absolute Gasteiger partial charge is 0.274 e. The van der Waals surface area contributed by atoms with Crippen molar-refractivity contribution >= 4 is 38.6 Å². The largest absolute Gasteiger partial charge is 0.495 e. The molecule has 0 aliphatic carbocycles. The molecule has 4 rings (SSSR count). The molecule has 0 radical (unpaired) electrons. The van der Waals surface area contributed by atoms with Crippen LogP contribution in [0.1, 0.15) is 6.92 Å². The maximum absolute atomic E-state index is 13.6. The van der Waals surface area contributed by atoms with Crippen LogP contribution in [0.5, 0.6) is 5.75 Å². The summed E-state index contributed by atoms with van der Waals surface area (Å²) in [7, 11) is -2.48. The zero-order chi connectivity index (χ0) is 23.4. The van der Waals surface area contributed by atoms with E-state index in [1.807, 2.05) is 18.2 Å². The number of nitrogens with zero attached hydrogens (tertiary/aromatic N) is 3. The van der Waals surface area contributed by atoms with Gasteiger partial charge >= 0.3 is 0 Å². The van der Waals surface area contributed by atoms with E-state index in [0.717, 1.165) is 17.0 Å². The van der Waals surface area contributed by atoms with Gasteiger partial charge in [0.25, 0.3) is 10.0 Å². The number of anilines is 2. The van der Waals surface area contributed by atoms with Crippen molar-refractivity contribution < 1.29 is 17.9 Å². The van der Waals surface area contributed by atoms with Crippen LogP contribution in [0, 0.1) is 0 Å². The van der Waals surface area contributed by atoms with E-state index >= 15 is 0 Å². The lowest BCUT2D eigenvalue weighted by Crippen LogP contribution is -2.55. The lowest BCUT2D eigenvalue weighted by atomic mass is 10.2. The Labute approximate surface area is 198 Å². The van der Waals surface area contributed by atoms with Crippen LogP contribution in [-0.2, 0) is 14.8 Å². The highest BCUT2D eigenvalue weighted by atomic mass is 32.2. The lowest BCUT2D eigenvalue weighted by molar-refractivity contribution is -0.132. The summed E-state index contributed by atoms with van der Waals surface area (Å²) in [5.74, 6) is 0.167. The molecule has 1 aliphatic rings. The van der Waals surface area contributed by atoms with E-state index in [4.69, 9.17) is 4.74 Å². The van der Waals surface area contributed by atoms with Crippen molar-refractivity contribution in [1.82, 2.24) is 4.90 Å². The predicted octanol–water partition coefficient (Wildman–Crippen LogP) is 3.69. The SMILES string of the molecule is COc1ccccc1N([C@@H](C)C(=O)N1CCN(c2ccccc2)CC1)S(=O)(=O)c1cccs1. The van der Waals surface area contributed by atoms with Gasteiger partial charge in [-0.3, -0.25) is 4.79 Å². The minimum absolute atomic E-state index is 0.182. The Hall–Kier alpha value is -3.04. The monoisotopic (exact) mass is 485 g/mol. The van der Waals surface area contributed by atoms with Gasteiger partial charge in [-0.15, -0.1) is 11.3 Å². The molecule has 0 unspecified atom stereocenters. The van der Waals surface area contributed by atoms with E-state index in [1.165, 1.54) is 11.4 Å². The minimum Gasteiger partial charge on any atom is -0.495 e. The third kappa shape index (κ3) is 4.69. The average Bonchev–Trinajstić information content (AvgIpc) is 3.41. The van der Waals surface area contributed by atoms with Crippen LogP contribution < -0.4 is 13.9 Å². The number of benzene rings is 2. The first-order valence-electron chi connectivity index (χ1n) is 10.7. The van der Waals surface area contributed by atoms with Crippen LogP contribution >= 0.6 is 11.3 Å². The van der Waals surface area contributed by atoms with E-state index in [-0.39, 0.29) is 10.1 Å². The van der Waals surface area contributed by atoms with Crippen LogP contribution in [0.15, 0.2) is 76.3 Å². The number of rotatable bonds is 7. The molecule has 7 nitrogen and oxygen atoms in total. The predicted molar refractivity (Wildman–Crippen MR) is 132 cm³/mol. The van der Waals surface area contributed by atoms with Crippen molar-refractivity contribution in [2.24, 2.45) is 0 Å². The van der Waals surface area contributed by atoms with Crippen molar-refractivity contribution in [3.8, 4) is 5.75 Å². The molecule has 174 valence electrons. The molecule has 1 atom stereocenters. The Bertz CT molecular complexity index is 1180. The molecule has 1 amide bonds. The third-order valence-electron chi connectivity index (χ3n) is 5.75. The molecular formula is C24H27N3O4S2. The van der Waals surface area contributed by atoms with Crippen molar-refractivity contribution in [2.45, 2.75) is 17.2 Å². The average molecular weight is 486 g/mol. The van der Waals surface area contributed by atoms with Crippen molar-refractivity contribution in [3.05, 3.63) is 72.1 Å². The summed E-state index contributed by atoms with van der Waals surface area (Å²) in [6.45, 7) is 4.07. The van der Waals surface area contributed by atoms with E-state index < -0.39 is 16.1 Å². The number of hydrogen-bond donors (Lipinski definition) is 0. The molecule has 33 heavy (non-hydrogen) atoms. The number of carbonyl (C=O) groups is 1. The molecular weight excluding hydrogens is 458 g/mol. The molecule has 1 aliphatic heterocycles. The summed E-state index contributed by atoms with van der Waals surface area (Å²) in [6.07, 6.45) is 0. The van der Waals surface area contributed by atoms with Crippen molar-refractivity contribution in [1.29, 1.82) is 0 Å². The summed E-state index contributed by atoms with van der Waals surface area (Å²) in [5, 5.41) is 1.71. The standard InChI is InChI=1S/C24H27N3O4S2/c1-19(24(28)26-16-14-25(15-17-26)20-9-4-3-5-10-20)27(21-11-6-7-12-22(21)31-2)33(29,30)23-13-8-18-32-23/h3-13,18-19H,14-17H2,1-2H3/t19-/m0/s1. The highest BCUT2D eigenvalue weighted by molar-refractivity contribution is 7.94. The van der Waals surface area contributed by atoms with Gasteiger partial charge in [-0.05, 0) is 42.6 Å². The fourth-order valence-corrected chi connectivity index (χ4v) is 6.76. The Morgan fingerprint density at radius 3 is 2.27 bits per heavy atom. The molecule has 9 heteroatoms. The maximum Gasteiger partial charge on any atom is 0.274 e. The summed E-state index contributed by atoms with van der Waals surface area (Å²) < 4.78 is 34.1. The highest BCUT2D eigenvalue weighted by Gasteiger charge is 2.38. The first-order valence-corrected chi connectivity index (χ1v) is 13.0. The van der Waals surface area contributed by atoms with Crippen LogP contribution in [0.4, 0.5) is 11.4 Å². The molecule has 0 N–H and O–H groups in total. The number of thiophene rings is 1. The molecule has 1 aromatic heterocycles. The Balaban J connectivity index is 1.60. The number of carbonyl (C=O) groups excluding carboxylic acids is 1. The van der Waals surface area contributed by atoms with E-state index in [9.17, 15) is 13.2 Å². The molecule has 2 heterocycles. The normalized spacial score (nSPS) is 15.2. The fraction of sp³-hybridized carbons (Fsp3) is 0.292. The molecule has 1 saturated heterocycles. The van der Waals surface area contributed by atoms with Crippen molar-refractivity contribution in [3.63, 3.8) is 0 Å². The van der Waals surface area contributed by atoms with Crippen LogP contribution in [0.2, 0.25) is 0 Å². The second-order valence-electron chi connectivity index (χ2n) is 7.73. The zero-order valence-corrected chi connectivity index (χ0v) is 20.3. The maximum atomic E-state index is 13.6. The van der Waals surface area contributed by atoms with E-state index in [1.54, 1.807) is 53.6 Å². The summed E-state index contributed by atoms with van der Waals surface area (Å²) >= 11 is 1.13. The van der Waals surface area contributed by atoms with Gasteiger partial charge in [0.05, 0.1) is 12.8 Å². The molecule has 0 spiro atoms. The third-order valence-corrected chi connectivity index (χ3v) is 9.01. The lowest BCUT2D eigenvalue weighted by Gasteiger charge is -2.39. The van der Waals surface area contributed by atoms with Gasteiger partial charge < -0.3 is 14.5 Å². The number of ether oxygens (including phenoxy) is 1. The minimum atomic E-state index is -3.97. The van der Waals surface area contributed by atoms with Gasteiger partial charge in [0.2, 0.25) is 5.91 Å². The quantitative estimate of drug-likeness (QED) is 0.511.